The van der Waals surface area contributed by atoms with E-state index in [4.69, 9.17) is 0 Å². The van der Waals surface area contributed by atoms with E-state index in [-0.39, 0.29) is 23.9 Å². The van der Waals surface area contributed by atoms with E-state index in [0.717, 1.165) is 25.7 Å². The summed E-state index contributed by atoms with van der Waals surface area (Å²) < 4.78 is 0. The van der Waals surface area contributed by atoms with Gasteiger partial charge in [0.25, 0.3) is 0 Å². The summed E-state index contributed by atoms with van der Waals surface area (Å²) in [6.07, 6.45) is 7.82. The molecule has 1 aliphatic rings. The van der Waals surface area contributed by atoms with Gasteiger partial charge < -0.3 is 15.5 Å². The molecule has 0 unspecified atom stereocenters. The van der Waals surface area contributed by atoms with Gasteiger partial charge >= 0.3 is 6.03 Å². The molecule has 1 aliphatic carbocycles. The van der Waals surface area contributed by atoms with Gasteiger partial charge in [-0.05, 0) is 36.8 Å². The molecule has 0 saturated heterocycles. The predicted octanol–water partition coefficient (Wildman–Crippen LogP) is 5.47. The lowest BCUT2D eigenvalue weighted by Gasteiger charge is -2.28. The molecule has 2 N–H and O–H groups in total. The van der Waals surface area contributed by atoms with Crippen LogP contribution in [0.5, 0.6) is 0 Å². The number of hydrogen-bond donors (Lipinski definition) is 2. The first-order valence-electron chi connectivity index (χ1n) is 12.6. The van der Waals surface area contributed by atoms with Crippen molar-refractivity contribution in [2.45, 2.75) is 70.3 Å². The molecule has 0 spiro atoms. The van der Waals surface area contributed by atoms with E-state index < -0.39 is 0 Å². The van der Waals surface area contributed by atoms with Crippen molar-refractivity contribution in [2.75, 3.05) is 19.6 Å². The van der Waals surface area contributed by atoms with Crippen LogP contribution in [0.15, 0.2) is 60.7 Å². The van der Waals surface area contributed by atoms with Crippen LogP contribution in [0.3, 0.4) is 0 Å². The molecule has 5 nitrogen and oxygen atoms in total. The first-order chi connectivity index (χ1) is 16.2. The molecular weight excluding hydrogens is 410 g/mol. The Hall–Kier alpha value is -2.82. The van der Waals surface area contributed by atoms with E-state index in [1.807, 2.05) is 12.1 Å². The van der Waals surface area contributed by atoms with Crippen molar-refractivity contribution < 1.29 is 9.59 Å². The van der Waals surface area contributed by atoms with E-state index >= 15 is 0 Å². The number of hydrogen-bond acceptors (Lipinski definition) is 2. The van der Waals surface area contributed by atoms with Gasteiger partial charge in [0.2, 0.25) is 5.91 Å². The Kier molecular flexibility index (Phi) is 10.3. The highest BCUT2D eigenvalue weighted by Crippen LogP contribution is 2.27. The van der Waals surface area contributed by atoms with Crippen LogP contribution in [0.1, 0.15) is 75.3 Å². The van der Waals surface area contributed by atoms with Crippen molar-refractivity contribution in [2.24, 2.45) is 0 Å². The normalized spacial score (nSPS) is 14.1. The SMILES string of the molecule is CCCN(CCC(=O)NCCC(c1ccccc1)c1ccccc1)C(=O)NC1CCCCC1. The van der Waals surface area contributed by atoms with Gasteiger partial charge in [0.15, 0.2) is 0 Å². The number of carbonyl (C=O) groups is 2. The predicted molar refractivity (Wildman–Crippen MR) is 134 cm³/mol. The minimum Gasteiger partial charge on any atom is -0.356 e. The molecule has 0 aliphatic heterocycles. The molecule has 0 radical (unpaired) electrons. The lowest BCUT2D eigenvalue weighted by Crippen LogP contribution is -2.46. The number of rotatable bonds is 11. The van der Waals surface area contributed by atoms with Gasteiger partial charge in [0.05, 0.1) is 0 Å². The smallest absolute Gasteiger partial charge is 0.317 e. The van der Waals surface area contributed by atoms with Crippen molar-refractivity contribution in [1.29, 1.82) is 0 Å². The van der Waals surface area contributed by atoms with Crippen molar-refractivity contribution >= 4 is 11.9 Å². The Morgan fingerprint density at radius 2 is 1.52 bits per heavy atom. The molecule has 0 atom stereocenters. The highest BCUT2D eigenvalue weighted by molar-refractivity contribution is 5.78. The summed E-state index contributed by atoms with van der Waals surface area (Å²) in [6, 6.07) is 21.1. The van der Waals surface area contributed by atoms with E-state index in [2.05, 4.69) is 66.1 Å². The second kappa shape index (κ2) is 13.7. The van der Waals surface area contributed by atoms with Crippen LogP contribution in [0.2, 0.25) is 0 Å². The van der Waals surface area contributed by atoms with Crippen molar-refractivity contribution in [3.05, 3.63) is 71.8 Å². The summed E-state index contributed by atoms with van der Waals surface area (Å²) in [5.41, 5.74) is 2.51. The standard InChI is InChI=1S/C28H39N3O2/c1-2-21-31(28(33)30-25-16-10-5-11-17-25)22-19-27(32)29-20-18-26(23-12-6-3-7-13-23)24-14-8-4-9-15-24/h3-4,6-9,12-15,25-26H,2,5,10-11,16-22H2,1H3,(H,29,32)(H,30,33). The van der Waals surface area contributed by atoms with Crippen molar-refractivity contribution in [1.82, 2.24) is 15.5 Å². The molecule has 3 rings (SSSR count). The molecule has 2 aromatic carbocycles. The van der Waals surface area contributed by atoms with Crippen LogP contribution in [0.4, 0.5) is 4.79 Å². The quantitative estimate of drug-likeness (QED) is 0.478. The van der Waals surface area contributed by atoms with Gasteiger partial charge in [0, 0.05) is 38.0 Å². The van der Waals surface area contributed by atoms with Crippen LogP contribution in [-0.4, -0.2) is 42.5 Å². The summed E-state index contributed by atoms with van der Waals surface area (Å²) in [7, 11) is 0. The Bertz CT molecular complexity index is 795. The molecule has 1 saturated carbocycles. The van der Waals surface area contributed by atoms with Gasteiger partial charge in [-0.3, -0.25) is 4.79 Å². The monoisotopic (exact) mass is 449 g/mol. The molecule has 0 heterocycles. The zero-order valence-electron chi connectivity index (χ0n) is 20.0. The topological polar surface area (TPSA) is 61.4 Å². The maximum atomic E-state index is 12.7. The Labute approximate surface area is 199 Å². The summed E-state index contributed by atoms with van der Waals surface area (Å²) in [5, 5.41) is 6.25. The maximum absolute atomic E-state index is 12.7. The zero-order valence-corrected chi connectivity index (χ0v) is 20.0. The first-order valence-corrected chi connectivity index (χ1v) is 12.6. The fourth-order valence-corrected chi connectivity index (χ4v) is 4.67. The molecular formula is C28H39N3O2. The highest BCUT2D eigenvalue weighted by Gasteiger charge is 2.20. The minimum absolute atomic E-state index is 0.00134. The molecule has 3 amide bonds. The zero-order chi connectivity index (χ0) is 23.3. The Morgan fingerprint density at radius 3 is 2.09 bits per heavy atom. The van der Waals surface area contributed by atoms with E-state index in [9.17, 15) is 9.59 Å². The molecule has 0 aromatic heterocycles. The van der Waals surface area contributed by atoms with Gasteiger partial charge in [-0.1, -0.05) is 86.8 Å². The van der Waals surface area contributed by atoms with Crippen LogP contribution in [-0.2, 0) is 4.79 Å². The number of benzene rings is 2. The largest absolute Gasteiger partial charge is 0.356 e. The van der Waals surface area contributed by atoms with Gasteiger partial charge in [-0.25, -0.2) is 4.79 Å². The molecule has 5 heteroatoms. The van der Waals surface area contributed by atoms with Crippen molar-refractivity contribution in [3.8, 4) is 0 Å². The number of nitrogens with zero attached hydrogens (tertiary/aromatic N) is 1. The summed E-state index contributed by atoms with van der Waals surface area (Å²) in [4.78, 5) is 27.1. The van der Waals surface area contributed by atoms with Crippen LogP contribution < -0.4 is 10.6 Å². The second-order valence-electron chi connectivity index (χ2n) is 9.03. The van der Waals surface area contributed by atoms with Gasteiger partial charge in [0.1, 0.15) is 0 Å². The fraction of sp³-hybridized carbons (Fsp3) is 0.500. The number of nitrogens with one attached hydrogen (secondary N) is 2. The first kappa shape index (κ1) is 24.8. The van der Waals surface area contributed by atoms with Crippen LogP contribution in [0, 0.1) is 0 Å². The minimum atomic E-state index is -0.0234. The third-order valence-electron chi connectivity index (χ3n) is 6.48. The maximum Gasteiger partial charge on any atom is 0.317 e. The third kappa shape index (κ3) is 8.23. The Balaban J connectivity index is 1.47. The number of carbonyl (C=O) groups excluding carboxylic acids is 2. The second-order valence-corrected chi connectivity index (χ2v) is 9.03. The third-order valence-corrected chi connectivity index (χ3v) is 6.48. The van der Waals surface area contributed by atoms with Crippen LogP contribution >= 0.6 is 0 Å². The molecule has 178 valence electrons. The highest BCUT2D eigenvalue weighted by atomic mass is 16.2. The van der Waals surface area contributed by atoms with Gasteiger partial charge in [-0.15, -0.1) is 0 Å². The molecule has 0 bridgehead atoms. The van der Waals surface area contributed by atoms with Crippen molar-refractivity contribution in [3.63, 3.8) is 0 Å². The van der Waals surface area contributed by atoms with E-state index in [1.165, 1.54) is 30.4 Å². The summed E-state index contributed by atoms with van der Waals surface area (Å²) in [5.74, 6) is 0.243. The van der Waals surface area contributed by atoms with Gasteiger partial charge in [-0.2, -0.15) is 0 Å². The molecule has 2 aromatic rings. The fourth-order valence-electron chi connectivity index (χ4n) is 4.67. The number of urea groups is 1. The molecule has 1 fully saturated rings. The Morgan fingerprint density at radius 1 is 0.909 bits per heavy atom. The van der Waals surface area contributed by atoms with Crippen LogP contribution in [0.25, 0.3) is 0 Å². The lowest BCUT2D eigenvalue weighted by molar-refractivity contribution is -0.121. The van der Waals surface area contributed by atoms with E-state index in [1.54, 1.807) is 4.90 Å². The summed E-state index contributed by atoms with van der Waals surface area (Å²) in [6.45, 7) is 3.80. The average molecular weight is 450 g/mol. The lowest BCUT2D eigenvalue weighted by atomic mass is 9.88. The molecule has 33 heavy (non-hydrogen) atoms. The summed E-state index contributed by atoms with van der Waals surface area (Å²) >= 11 is 0. The average Bonchev–Trinajstić information content (AvgIpc) is 2.86. The van der Waals surface area contributed by atoms with E-state index in [0.29, 0.717) is 26.1 Å². The number of amides is 3.